The number of carbonyl (C=O) groups is 2. The minimum atomic E-state index is -4.92. The highest BCUT2D eigenvalue weighted by molar-refractivity contribution is 7.99. The fourth-order valence-electron chi connectivity index (χ4n) is 2.57. The van der Waals surface area contributed by atoms with Gasteiger partial charge in [-0.1, -0.05) is 11.6 Å². The van der Waals surface area contributed by atoms with Crippen LogP contribution in [0.5, 0.6) is 5.75 Å². The Morgan fingerprint density at radius 2 is 1.91 bits per heavy atom. The predicted octanol–water partition coefficient (Wildman–Crippen LogP) is 3.95. The first-order valence-corrected chi connectivity index (χ1v) is 10.6. The average molecular weight is 516 g/mol. The van der Waals surface area contributed by atoms with Crippen LogP contribution in [0.1, 0.15) is 11.1 Å². The third-order valence-corrected chi connectivity index (χ3v) is 5.00. The fraction of sp³-hybridized carbons (Fsp3) is 0.444. The van der Waals surface area contributed by atoms with Crippen LogP contribution in [-0.2, 0) is 23.8 Å². The fourth-order valence-corrected chi connectivity index (χ4v) is 3.45. The van der Waals surface area contributed by atoms with Crippen molar-refractivity contribution < 1.29 is 51.6 Å². The minimum Gasteiger partial charge on any atom is -0.475 e. The molecule has 1 heterocycles. The van der Waals surface area contributed by atoms with Gasteiger partial charge in [0.25, 0.3) is 5.09 Å². The first kappa shape index (κ1) is 26.4. The Hall–Kier alpha value is -2.87. The number of esters is 1. The number of hydrogen-bond acceptors (Lipinski definition) is 10. The zero-order valence-corrected chi connectivity index (χ0v) is 18.5. The summed E-state index contributed by atoms with van der Waals surface area (Å²) in [5, 5.41) is 9.26. The molecule has 0 fully saturated rings. The second-order valence-corrected chi connectivity index (χ2v) is 7.90. The van der Waals surface area contributed by atoms with Gasteiger partial charge in [-0.3, -0.25) is 0 Å². The second kappa shape index (κ2) is 11.8. The molecule has 1 aromatic rings. The lowest BCUT2D eigenvalue weighted by molar-refractivity contribution is -0.756. The van der Waals surface area contributed by atoms with E-state index in [0.29, 0.717) is 5.56 Å². The van der Waals surface area contributed by atoms with Crippen molar-refractivity contribution in [1.82, 2.24) is 0 Å². The molecule has 0 radical (unpaired) electrons. The summed E-state index contributed by atoms with van der Waals surface area (Å²) in [4.78, 5) is 37.7. The van der Waals surface area contributed by atoms with Crippen molar-refractivity contribution >= 4 is 41.6 Å². The van der Waals surface area contributed by atoms with E-state index in [0.717, 1.165) is 6.08 Å². The molecule has 0 spiro atoms. The summed E-state index contributed by atoms with van der Waals surface area (Å²) in [6.45, 7) is 0.257. The molecule has 0 saturated heterocycles. The Bertz CT molecular complexity index is 926. The number of halogens is 4. The van der Waals surface area contributed by atoms with E-state index in [1.165, 1.54) is 30.8 Å². The van der Waals surface area contributed by atoms with Crippen molar-refractivity contribution in [3.05, 3.63) is 44.0 Å². The lowest BCUT2D eigenvalue weighted by Crippen LogP contribution is -2.41. The van der Waals surface area contributed by atoms with Gasteiger partial charge in [-0.15, -0.1) is 10.1 Å². The first-order valence-electron chi connectivity index (χ1n) is 9.06. The van der Waals surface area contributed by atoms with Crippen molar-refractivity contribution in [3.8, 4) is 5.75 Å². The van der Waals surface area contributed by atoms with Crippen LogP contribution in [0.15, 0.2) is 17.7 Å². The van der Waals surface area contributed by atoms with E-state index in [-0.39, 0.29) is 41.1 Å². The van der Waals surface area contributed by atoms with Crippen molar-refractivity contribution in [3.63, 3.8) is 0 Å². The number of hydrogen-bond donors (Lipinski definition) is 0. The second-order valence-electron chi connectivity index (χ2n) is 6.24. The van der Waals surface area contributed by atoms with E-state index in [1.54, 1.807) is 0 Å². The van der Waals surface area contributed by atoms with Crippen molar-refractivity contribution in [1.29, 1.82) is 0 Å². The van der Waals surface area contributed by atoms with Crippen LogP contribution in [0.25, 0.3) is 6.08 Å². The molecule has 0 saturated carbocycles. The molecule has 0 aliphatic carbocycles. The molecule has 0 aromatic heterocycles. The van der Waals surface area contributed by atoms with Crippen molar-refractivity contribution in [2.75, 3.05) is 31.5 Å². The number of benzene rings is 1. The summed E-state index contributed by atoms with van der Waals surface area (Å²) in [6.07, 6.45) is -7.77. The summed E-state index contributed by atoms with van der Waals surface area (Å²) < 4.78 is 59.1. The molecule has 15 heteroatoms. The van der Waals surface area contributed by atoms with E-state index in [4.69, 9.17) is 16.3 Å². The molecule has 2 rings (SSSR count). The average Bonchev–Trinajstić information content (AvgIpc) is 2.71. The van der Waals surface area contributed by atoms with Crippen LogP contribution in [0.2, 0.25) is 5.02 Å². The number of carbonyl (C=O) groups excluding carboxylic acids is 2. The topological polar surface area (TPSA) is 123 Å². The lowest BCUT2D eigenvalue weighted by atomic mass is 9.99. The molecule has 0 N–H and O–H groups in total. The van der Waals surface area contributed by atoms with E-state index in [2.05, 4.69) is 19.0 Å². The molecule has 1 aliphatic heterocycles. The predicted molar refractivity (Wildman–Crippen MR) is 108 cm³/mol. The third kappa shape index (κ3) is 8.20. The number of aryl methyl sites for hydroxylation is 1. The Balaban J connectivity index is 1.85. The summed E-state index contributed by atoms with van der Waals surface area (Å²) in [5.74, 6) is -0.923. The van der Waals surface area contributed by atoms with Crippen molar-refractivity contribution in [2.24, 2.45) is 0 Å². The van der Waals surface area contributed by atoms with E-state index >= 15 is 0 Å². The smallest absolute Gasteiger partial charge is 0.475 e. The number of fused-ring (bicyclic) bond motifs is 1. The Morgan fingerprint density at radius 1 is 1.21 bits per heavy atom. The lowest BCUT2D eigenvalue weighted by Gasteiger charge is -2.28. The Labute approximate surface area is 194 Å². The highest BCUT2D eigenvalue weighted by Crippen LogP contribution is 2.40. The van der Waals surface area contributed by atoms with Gasteiger partial charge in [0.1, 0.15) is 19.0 Å². The normalized spacial score (nSPS) is 14.9. The zero-order chi connectivity index (χ0) is 24.6. The van der Waals surface area contributed by atoms with Crippen LogP contribution in [-0.4, -0.2) is 61.0 Å². The van der Waals surface area contributed by atoms with Gasteiger partial charge < -0.3 is 23.8 Å². The van der Waals surface area contributed by atoms with Crippen LogP contribution < -0.4 is 4.74 Å². The van der Waals surface area contributed by atoms with Crippen LogP contribution in [0.4, 0.5) is 18.0 Å². The van der Waals surface area contributed by atoms with E-state index in [9.17, 15) is 32.9 Å². The number of nitrogens with zero attached hydrogens (tertiary/aromatic N) is 1. The van der Waals surface area contributed by atoms with E-state index < -0.39 is 41.9 Å². The number of thioether (sulfide) groups is 1. The number of ether oxygens (including phenoxy) is 4. The maximum atomic E-state index is 13.4. The molecule has 1 aromatic carbocycles. The molecule has 0 bridgehead atoms. The summed E-state index contributed by atoms with van der Waals surface area (Å²) in [5.41, 5.74) is -0.333. The molecule has 0 amide bonds. The van der Waals surface area contributed by atoms with Crippen LogP contribution in [0, 0.1) is 17.0 Å². The molecule has 1 unspecified atom stereocenters. The third-order valence-electron chi connectivity index (χ3n) is 3.87. The van der Waals surface area contributed by atoms with Gasteiger partial charge in [0.2, 0.25) is 12.9 Å². The molecular formula is C18H17ClF3NO9S. The SMILES string of the molecule is Cc1cc(Cl)cc2c1OC(C(F)(F)F)C(C(=O)OCOC(=O)OCCSCCO[N+](=O)[O-])=C2. The quantitative estimate of drug-likeness (QED) is 0.149. The maximum absolute atomic E-state index is 13.4. The summed E-state index contributed by atoms with van der Waals surface area (Å²) in [7, 11) is 0. The zero-order valence-electron chi connectivity index (χ0n) is 16.9. The van der Waals surface area contributed by atoms with Crippen LogP contribution in [0.3, 0.4) is 0 Å². The Morgan fingerprint density at radius 3 is 2.58 bits per heavy atom. The number of alkyl halides is 3. The highest BCUT2D eigenvalue weighted by atomic mass is 35.5. The maximum Gasteiger partial charge on any atom is 0.511 e. The standard InChI is InChI=1S/C18H17ClF3NO9S/c1-10-6-12(19)7-11-8-13(15(18(20,21)22)32-14(10)11)16(24)29-9-30-17(25)28-2-4-33-5-3-31-23(26)27/h6-8,15H,2-5,9H2,1H3. The molecule has 1 aliphatic rings. The molecule has 10 nitrogen and oxygen atoms in total. The molecule has 1 atom stereocenters. The first-order chi connectivity index (χ1) is 15.5. The Kier molecular flexibility index (Phi) is 9.46. The van der Waals surface area contributed by atoms with Gasteiger partial charge in [0, 0.05) is 22.1 Å². The van der Waals surface area contributed by atoms with Crippen LogP contribution >= 0.6 is 23.4 Å². The van der Waals surface area contributed by atoms with Gasteiger partial charge in [0.05, 0.1) is 5.57 Å². The van der Waals surface area contributed by atoms with Gasteiger partial charge in [-0.2, -0.15) is 24.9 Å². The number of rotatable bonds is 10. The highest BCUT2D eigenvalue weighted by Gasteiger charge is 2.49. The summed E-state index contributed by atoms with van der Waals surface area (Å²) >= 11 is 7.11. The van der Waals surface area contributed by atoms with Gasteiger partial charge in [-0.25, -0.2) is 9.59 Å². The largest absolute Gasteiger partial charge is 0.511 e. The van der Waals surface area contributed by atoms with Crippen molar-refractivity contribution in [2.45, 2.75) is 19.2 Å². The summed E-state index contributed by atoms with van der Waals surface area (Å²) in [6, 6.07) is 2.75. The molecular weight excluding hydrogens is 499 g/mol. The van der Waals surface area contributed by atoms with Gasteiger partial charge in [0.15, 0.2) is 0 Å². The molecule has 182 valence electrons. The minimum absolute atomic E-state index is 0.0686. The van der Waals surface area contributed by atoms with Gasteiger partial charge >= 0.3 is 18.3 Å². The van der Waals surface area contributed by atoms with E-state index in [1.807, 2.05) is 0 Å². The monoisotopic (exact) mass is 515 g/mol. The van der Waals surface area contributed by atoms with Gasteiger partial charge in [-0.05, 0) is 30.7 Å². The molecule has 33 heavy (non-hydrogen) atoms.